The summed E-state index contributed by atoms with van der Waals surface area (Å²) in [5.41, 5.74) is 0.480. The third-order valence-electron chi connectivity index (χ3n) is 2.83. The first-order chi connectivity index (χ1) is 5.81. The lowest BCUT2D eigenvalue weighted by Gasteiger charge is -2.29. The fourth-order valence-electron chi connectivity index (χ4n) is 1.52. The van der Waals surface area contributed by atoms with Crippen LogP contribution in [0.1, 0.15) is 34.6 Å². The van der Waals surface area contributed by atoms with Gasteiger partial charge in [0.1, 0.15) is 0 Å². The average Bonchev–Trinajstić information content (AvgIpc) is 2.08. The smallest absolute Gasteiger partial charge is 0.0642 e. The van der Waals surface area contributed by atoms with Crippen molar-refractivity contribution >= 4 is 0 Å². The van der Waals surface area contributed by atoms with Crippen LogP contribution in [0.25, 0.3) is 0 Å². The van der Waals surface area contributed by atoms with E-state index in [1.165, 1.54) is 0 Å². The summed E-state index contributed by atoms with van der Waals surface area (Å²) in [6.45, 7) is 14.0. The van der Waals surface area contributed by atoms with Gasteiger partial charge in [-0.25, -0.2) is 0 Å². The van der Waals surface area contributed by atoms with E-state index >= 15 is 0 Å². The van der Waals surface area contributed by atoms with Crippen LogP contribution in [0, 0.1) is 11.3 Å². The fraction of sp³-hybridized carbons (Fsp3) is 1.00. The minimum absolute atomic E-state index is 0.139. The second-order valence-corrected chi connectivity index (χ2v) is 5.84. The zero-order valence-corrected chi connectivity index (χ0v) is 9.61. The van der Waals surface area contributed by atoms with Crippen LogP contribution in [0.15, 0.2) is 0 Å². The molecule has 2 heteroatoms. The van der Waals surface area contributed by atoms with Crippen LogP contribution < -0.4 is 5.32 Å². The van der Waals surface area contributed by atoms with Gasteiger partial charge in [-0.1, -0.05) is 20.8 Å². The van der Waals surface area contributed by atoms with Gasteiger partial charge in [-0.05, 0) is 25.2 Å². The third-order valence-corrected chi connectivity index (χ3v) is 2.83. The molecule has 1 aliphatic rings. The summed E-state index contributed by atoms with van der Waals surface area (Å²) in [7, 11) is 0. The molecule has 0 aromatic carbocycles. The summed E-state index contributed by atoms with van der Waals surface area (Å²) >= 11 is 0. The molecule has 78 valence electrons. The van der Waals surface area contributed by atoms with Crippen molar-refractivity contribution < 1.29 is 4.74 Å². The second kappa shape index (κ2) is 3.58. The quantitative estimate of drug-likeness (QED) is 0.623. The van der Waals surface area contributed by atoms with E-state index in [1.54, 1.807) is 0 Å². The van der Waals surface area contributed by atoms with Crippen molar-refractivity contribution in [3.8, 4) is 0 Å². The van der Waals surface area contributed by atoms with Gasteiger partial charge in [0, 0.05) is 12.1 Å². The number of hydrogen-bond acceptors (Lipinski definition) is 2. The molecule has 1 atom stereocenters. The highest BCUT2D eigenvalue weighted by molar-refractivity contribution is 4.85. The van der Waals surface area contributed by atoms with Gasteiger partial charge in [-0.15, -0.1) is 0 Å². The summed E-state index contributed by atoms with van der Waals surface area (Å²) < 4.78 is 5.69. The molecule has 0 aromatic heterocycles. The Morgan fingerprint density at radius 2 is 1.92 bits per heavy atom. The lowest BCUT2D eigenvalue weighted by molar-refractivity contribution is 0.0617. The molecule has 1 unspecified atom stereocenters. The van der Waals surface area contributed by atoms with Gasteiger partial charge >= 0.3 is 0 Å². The molecule has 0 spiro atoms. The first kappa shape index (κ1) is 11.0. The van der Waals surface area contributed by atoms with Crippen molar-refractivity contribution in [2.45, 2.75) is 40.2 Å². The van der Waals surface area contributed by atoms with Gasteiger partial charge in [0.15, 0.2) is 0 Å². The van der Waals surface area contributed by atoms with Gasteiger partial charge in [0.05, 0.1) is 13.2 Å². The van der Waals surface area contributed by atoms with E-state index in [0.29, 0.717) is 11.3 Å². The van der Waals surface area contributed by atoms with Crippen LogP contribution in [0.3, 0.4) is 0 Å². The maximum absolute atomic E-state index is 5.69. The van der Waals surface area contributed by atoms with Crippen LogP contribution in [0.2, 0.25) is 0 Å². The number of rotatable bonds is 0. The molecule has 0 amide bonds. The van der Waals surface area contributed by atoms with E-state index in [2.05, 4.69) is 39.9 Å². The Hall–Kier alpha value is -0.0800. The molecule has 0 bridgehead atoms. The Morgan fingerprint density at radius 3 is 2.46 bits per heavy atom. The van der Waals surface area contributed by atoms with Gasteiger partial charge in [0.25, 0.3) is 0 Å². The highest BCUT2D eigenvalue weighted by Gasteiger charge is 2.30. The van der Waals surface area contributed by atoms with Crippen molar-refractivity contribution in [1.29, 1.82) is 0 Å². The Bertz CT molecular complexity index is 169. The van der Waals surface area contributed by atoms with Gasteiger partial charge in [-0.2, -0.15) is 0 Å². The molecule has 0 aromatic rings. The van der Waals surface area contributed by atoms with Gasteiger partial charge < -0.3 is 10.1 Å². The summed E-state index contributed by atoms with van der Waals surface area (Å²) in [4.78, 5) is 0. The third kappa shape index (κ3) is 3.28. The van der Waals surface area contributed by atoms with Crippen LogP contribution in [0.5, 0.6) is 0 Å². The van der Waals surface area contributed by atoms with E-state index < -0.39 is 0 Å². The molecule has 1 fully saturated rings. The minimum atomic E-state index is 0.139. The number of ether oxygens (including phenoxy) is 1. The van der Waals surface area contributed by atoms with Crippen molar-refractivity contribution in [2.24, 2.45) is 11.3 Å². The standard InChI is InChI=1S/C11H23NO/c1-10(2,3)9-6-12-11(4,5)8-13-7-9/h9,12H,6-8H2,1-5H3. The monoisotopic (exact) mass is 185 g/mol. The molecule has 1 aliphatic heterocycles. The maximum atomic E-state index is 5.69. The Labute approximate surface area is 82.0 Å². The molecular formula is C11H23NO. The molecule has 1 rings (SSSR count). The zero-order valence-electron chi connectivity index (χ0n) is 9.61. The Kier molecular flexibility index (Phi) is 3.03. The van der Waals surface area contributed by atoms with Crippen molar-refractivity contribution in [3.05, 3.63) is 0 Å². The second-order valence-electron chi connectivity index (χ2n) is 5.84. The van der Waals surface area contributed by atoms with Crippen LogP contribution in [0.4, 0.5) is 0 Å². The van der Waals surface area contributed by atoms with Crippen LogP contribution >= 0.6 is 0 Å². The highest BCUT2D eigenvalue weighted by atomic mass is 16.5. The first-order valence-corrected chi connectivity index (χ1v) is 5.14. The Morgan fingerprint density at radius 1 is 1.31 bits per heavy atom. The van der Waals surface area contributed by atoms with Gasteiger partial charge in [-0.3, -0.25) is 0 Å². The summed E-state index contributed by atoms with van der Waals surface area (Å²) in [5.74, 6) is 0.620. The normalized spacial score (nSPS) is 29.8. The van der Waals surface area contributed by atoms with Gasteiger partial charge in [0.2, 0.25) is 0 Å². The van der Waals surface area contributed by atoms with E-state index in [-0.39, 0.29) is 5.54 Å². The number of hydrogen-bond donors (Lipinski definition) is 1. The molecule has 13 heavy (non-hydrogen) atoms. The highest BCUT2D eigenvalue weighted by Crippen LogP contribution is 2.27. The minimum Gasteiger partial charge on any atom is -0.379 e. The molecule has 2 nitrogen and oxygen atoms in total. The predicted molar refractivity (Wildman–Crippen MR) is 55.8 cm³/mol. The molecule has 0 radical (unpaired) electrons. The zero-order chi connectivity index (χ0) is 10.1. The summed E-state index contributed by atoms with van der Waals surface area (Å²) in [5, 5.41) is 3.55. The Balaban J connectivity index is 2.55. The summed E-state index contributed by atoms with van der Waals surface area (Å²) in [6, 6.07) is 0. The lowest BCUT2D eigenvalue weighted by Crippen LogP contribution is -2.44. The molecular weight excluding hydrogens is 162 g/mol. The van der Waals surface area contributed by atoms with E-state index in [9.17, 15) is 0 Å². The fourth-order valence-corrected chi connectivity index (χ4v) is 1.52. The molecule has 0 aliphatic carbocycles. The molecule has 1 heterocycles. The lowest BCUT2D eigenvalue weighted by atomic mass is 9.81. The number of nitrogens with one attached hydrogen (secondary N) is 1. The van der Waals surface area contributed by atoms with Crippen molar-refractivity contribution in [3.63, 3.8) is 0 Å². The maximum Gasteiger partial charge on any atom is 0.0642 e. The van der Waals surface area contributed by atoms with E-state index in [1.807, 2.05) is 0 Å². The van der Waals surface area contributed by atoms with Crippen molar-refractivity contribution in [2.75, 3.05) is 19.8 Å². The van der Waals surface area contributed by atoms with E-state index in [4.69, 9.17) is 4.74 Å². The molecule has 0 saturated carbocycles. The molecule has 1 saturated heterocycles. The first-order valence-electron chi connectivity index (χ1n) is 5.14. The SMILES string of the molecule is CC1(C)COCC(C(C)(C)C)CN1. The molecule has 1 N–H and O–H groups in total. The van der Waals surface area contributed by atoms with Crippen molar-refractivity contribution in [1.82, 2.24) is 5.32 Å². The topological polar surface area (TPSA) is 21.3 Å². The largest absolute Gasteiger partial charge is 0.379 e. The summed E-state index contributed by atoms with van der Waals surface area (Å²) in [6.07, 6.45) is 0. The van der Waals surface area contributed by atoms with E-state index in [0.717, 1.165) is 19.8 Å². The average molecular weight is 185 g/mol. The predicted octanol–water partition coefficient (Wildman–Crippen LogP) is 2.05. The van der Waals surface area contributed by atoms with Crippen LogP contribution in [-0.2, 0) is 4.74 Å². The van der Waals surface area contributed by atoms with Crippen LogP contribution in [-0.4, -0.2) is 25.3 Å².